The third-order valence-corrected chi connectivity index (χ3v) is 3.10. The number of carbonyl (C=O) groups is 1. The number of fused-ring (bicyclic) bond motifs is 2. The summed E-state index contributed by atoms with van der Waals surface area (Å²) in [6, 6.07) is 0. The molecule has 0 aromatic heterocycles. The Morgan fingerprint density at radius 2 is 2.25 bits per heavy atom. The van der Waals surface area contributed by atoms with Crippen molar-refractivity contribution in [3.8, 4) is 0 Å². The van der Waals surface area contributed by atoms with Gasteiger partial charge in [-0.1, -0.05) is 0 Å². The lowest BCUT2D eigenvalue weighted by Gasteiger charge is -2.16. The molecule has 0 aromatic rings. The van der Waals surface area contributed by atoms with Gasteiger partial charge in [0.15, 0.2) is 0 Å². The van der Waals surface area contributed by atoms with Crippen LogP contribution in [0, 0.1) is 11.8 Å². The Labute approximate surface area is 71.7 Å². The van der Waals surface area contributed by atoms with Crippen molar-refractivity contribution in [2.75, 3.05) is 0 Å². The third kappa shape index (κ3) is 1.12. The van der Waals surface area contributed by atoms with Crippen LogP contribution in [0.3, 0.4) is 0 Å². The number of aliphatic hydroxyl groups excluding tert-OH is 1. The lowest BCUT2D eigenvalue weighted by molar-refractivity contribution is -0.149. The Bertz CT molecular complexity index is 202. The van der Waals surface area contributed by atoms with E-state index in [2.05, 4.69) is 0 Å². The van der Waals surface area contributed by atoms with E-state index < -0.39 is 0 Å². The average Bonchev–Trinajstić information content (AvgIpc) is 2.44. The number of aliphatic hydroxyl groups is 1. The van der Waals surface area contributed by atoms with Gasteiger partial charge in [0.05, 0.1) is 6.10 Å². The first-order valence-electron chi connectivity index (χ1n) is 4.54. The predicted octanol–water partition coefficient (Wildman–Crippen LogP) is 0.709. The number of rotatable bonds is 1. The summed E-state index contributed by atoms with van der Waals surface area (Å²) in [6.07, 6.45) is 2.73. The van der Waals surface area contributed by atoms with Gasteiger partial charge in [-0.05, 0) is 25.2 Å². The van der Waals surface area contributed by atoms with E-state index in [-0.39, 0.29) is 24.1 Å². The second kappa shape index (κ2) is 2.73. The maximum atomic E-state index is 10.7. The zero-order chi connectivity index (χ0) is 8.72. The van der Waals surface area contributed by atoms with Crippen molar-refractivity contribution in [3.63, 3.8) is 0 Å². The fraction of sp³-hybridized carbons (Fsp3) is 0.889. The molecule has 2 aliphatic carbocycles. The molecular formula is C9H14O3. The minimum atomic E-state index is -0.229. The zero-order valence-corrected chi connectivity index (χ0v) is 7.19. The number of hydrogen-bond acceptors (Lipinski definition) is 3. The van der Waals surface area contributed by atoms with Gasteiger partial charge in [-0.25, -0.2) is 0 Å². The van der Waals surface area contributed by atoms with Crippen LogP contribution in [0.1, 0.15) is 26.2 Å². The summed E-state index contributed by atoms with van der Waals surface area (Å²) in [4.78, 5) is 10.7. The minimum absolute atomic E-state index is 0.0116. The van der Waals surface area contributed by atoms with Gasteiger partial charge in [-0.3, -0.25) is 4.79 Å². The van der Waals surface area contributed by atoms with E-state index in [1.807, 2.05) is 0 Å². The van der Waals surface area contributed by atoms with E-state index in [1.54, 1.807) is 0 Å². The summed E-state index contributed by atoms with van der Waals surface area (Å²) in [5, 5.41) is 9.51. The molecule has 2 saturated carbocycles. The summed E-state index contributed by atoms with van der Waals surface area (Å²) in [5.74, 6) is 0.429. The number of ether oxygens (including phenoxy) is 1. The van der Waals surface area contributed by atoms with Crippen LogP contribution in [0.4, 0.5) is 0 Å². The van der Waals surface area contributed by atoms with Gasteiger partial charge in [-0.2, -0.15) is 0 Å². The van der Waals surface area contributed by atoms with E-state index in [4.69, 9.17) is 4.74 Å². The molecule has 4 atom stereocenters. The first-order valence-corrected chi connectivity index (χ1v) is 4.54. The summed E-state index contributed by atoms with van der Waals surface area (Å²) >= 11 is 0. The van der Waals surface area contributed by atoms with Crippen LogP contribution < -0.4 is 0 Å². The molecule has 0 amide bonds. The van der Waals surface area contributed by atoms with Gasteiger partial charge in [0, 0.05) is 12.8 Å². The number of esters is 1. The SMILES string of the molecule is CC(=O)O[C@@H]1[C@@H]2CC[C@H]1[C@H](O)C2. The molecule has 0 aromatic carbocycles. The maximum absolute atomic E-state index is 10.7. The Morgan fingerprint density at radius 3 is 2.67 bits per heavy atom. The minimum Gasteiger partial charge on any atom is -0.462 e. The highest BCUT2D eigenvalue weighted by molar-refractivity contribution is 5.66. The van der Waals surface area contributed by atoms with Crippen LogP contribution in [-0.4, -0.2) is 23.3 Å². The highest BCUT2D eigenvalue weighted by atomic mass is 16.5. The largest absolute Gasteiger partial charge is 0.462 e. The molecule has 2 bridgehead atoms. The summed E-state index contributed by atoms with van der Waals surface area (Å²) in [7, 11) is 0. The molecule has 0 spiro atoms. The van der Waals surface area contributed by atoms with Crippen molar-refractivity contribution >= 4 is 5.97 Å². The average molecular weight is 170 g/mol. The molecule has 3 nitrogen and oxygen atoms in total. The van der Waals surface area contributed by atoms with Crippen LogP contribution in [0.2, 0.25) is 0 Å². The zero-order valence-electron chi connectivity index (χ0n) is 7.19. The maximum Gasteiger partial charge on any atom is 0.302 e. The van der Waals surface area contributed by atoms with Crippen LogP contribution >= 0.6 is 0 Å². The van der Waals surface area contributed by atoms with Crippen molar-refractivity contribution in [2.45, 2.75) is 38.4 Å². The fourth-order valence-electron chi connectivity index (χ4n) is 2.61. The molecule has 0 aliphatic heterocycles. The Balaban J connectivity index is 2.03. The highest BCUT2D eigenvalue weighted by Gasteiger charge is 2.49. The molecule has 0 unspecified atom stereocenters. The molecule has 2 fully saturated rings. The monoisotopic (exact) mass is 170 g/mol. The summed E-state index contributed by atoms with van der Waals surface area (Å²) in [5.41, 5.74) is 0. The molecule has 0 radical (unpaired) electrons. The van der Waals surface area contributed by atoms with Gasteiger partial charge >= 0.3 is 5.97 Å². The molecule has 2 rings (SSSR count). The first-order chi connectivity index (χ1) is 5.68. The summed E-state index contributed by atoms with van der Waals surface area (Å²) in [6.45, 7) is 1.43. The molecule has 1 N–H and O–H groups in total. The standard InChI is InChI=1S/C9H14O3/c1-5(10)12-9-6-2-3-7(9)8(11)4-6/h6-9,11H,2-4H2,1H3/t6-,7+,8-,9-/m1/s1. The summed E-state index contributed by atoms with van der Waals surface area (Å²) < 4.78 is 5.17. The van der Waals surface area contributed by atoms with Gasteiger partial charge in [0.25, 0.3) is 0 Å². The Kier molecular flexibility index (Phi) is 1.83. The molecule has 12 heavy (non-hydrogen) atoms. The predicted molar refractivity (Wildman–Crippen MR) is 42.4 cm³/mol. The van der Waals surface area contributed by atoms with Gasteiger partial charge in [0.1, 0.15) is 6.10 Å². The van der Waals surface area contributed by atoms with Crippen molar-refractivity contribution < 1.29 is 14.6 Å². The van der Waals surface area contributed by atoms with Gasteiger partial charge in [-0.15, -0.1) is 0 Å². The molecule has 0 saturated heterocycles. The number of hydrogen-bond donors (Lipinski definition) is 1. The van der Waals surface area contributed by atoms with Gasteiger partial charge in [0.2, 0.25) is 0 Å². The van der Waals surface area contributed by atoms with Crippen molar-refractivity contribution in [3.05, 3.63) is 0 Å². The second-order valence-electron chi connectivity index (χ2n) is 3.88. The van der Waals surface area contributed by atoms with Crippen LogP contribution in [0.15, 0.2) is 0 Å². The van der Waals surface area contributed by atoms with Crippen LogP contribution in [-0.2, 0) is 9.53 Å². The molecule has 68 valence electrons. The van der Waals surface area contributed by atoms with Crippen LogP contribution in [0.5, 0.6) is 0 Å². The van der Waals surface area contributed by atoms with Crippen LogP contribution in [0.25, 0.3) is 0 Å². The number of carbonyl (C=O) groups excluding carboxylic acids is 1. The van der Waals surface area contributed by atoms with Crippen molar-refractivity contribution in [1.29, 1.82) is 0 Å². The topological polar surface area (TPSA) is 46.5 Å². The van der Waals surface area contributed by atoms with E-state index in [0.717, 1.165) is 19.3 Å². The highest BCUT2D eigenvalue weighted by Crippen LogP contribution is 2.46. The normalized spacial score (nSPS) is 44.8. The van der Waals surface area contributed by atoms with Crippen molar-refractivity contribution in [1.82, 2.24) is 0 Å². The van der Waals surface area contributed by atoms with E-state index in [0.29, 0.717) is 5.92 Å². The second-order valence-corrected chi connectivity index (χ2v) is 3.88. The van der Waals surface area contributed by atoms with E-state index >= 15 is 0 Å². The third-order valence-electron chi connectivity index (χ3n) is 3.10. The van der Waals surface area contributed by atoms with E-state index in [9.17, 15) is 9.90 Å². The molecule has 3 heteroatoms. The van der Waals surface area contributed by atoms with E-state index in [1.165, 1.54) is 6.92 Å². The fourth-order valence-corrected chi connectivity index (χ4v) is 2.61. The van der Waals surface area contributed by atoms with Gasteiger partial charge < -0.3 is 9.84 Å². The molecule has 0 heterocycles. The lowest BCUT2D eigenvalue weighted by Crippen LogP contribution is -2.24. The smallest absolute Gasteiger partial charge is 0.302 e. The first kappa shape index (κ1) is 8.05. The Hall–Kier alpha value is -0.570. The van der Waals surface area contributed by atoms with Crippen molar-refractivity contribution in [2.24, 2.45) is 11.8 Å². The quantitative estimate of drug-likeness (QED) is 0.589. The molecular weight excluding hydrogens is 156 g/mol. The Morgan fingerprint density at radius 1 is 1.50 bits per heavy atom. The lowest BCUT2D eigenvalue weighted by atomic mass is 9.98. The molecule has 2 aliphatic rings.